The molecule has 2 N–H and O–H groups in total. The van der Waals surface area contributed by atoms with E-state index in [9.17, 15) is 4.79 Å². The van der Waals surface area contributed by atoms with Gasteiger partial charge >= 0.3 is 0 Å². The van der Waals surface area contributed by atoms with Gasteiger partial charge in [-0.15, -0.1) is 0 Å². The van der Waals surface area contributed by atoms with Gasteiger partial charge < -0.3 is 10.6 Å². The number of nitrogens with one attached hydrogen (secondary N) is 2. The second kappa shape index (κ2) is 6.86. The van der Waals surface area contributed by atoms with Crippen LogP contribution in [0.5, 0.6) is 0 Å². The minimum absolute atomic E-state index is 0.0400. The Hall–Kier alpha value is -1.39. The molecule has 0 fully saturated rings. The standard InChI is InChI=1S/C16H25N3O/c1-4-15(19(2)3)16(20)18-11-13-10-17-9-12-7-5-6-8-14(12)13/h5-8,13,15,17H,4,9-11H2,1-3H3,(H,18,20). The smallest absolute Gasteiger partial charge is 0.237 e. The second-order valence-corrected chi connectivity index (χ2v) is 5.66. The largest absolute Gasteiger partial charge is 0.354 e. The van der Waals surface area contributed by atoms with E-state index in [2.05, 4.69) is 34.9 Å². The topological polar surface area (TPSA) is 44.4 Å². The molecular weight excluding hydrogens is 250 g/mol. The predicted octanol–water partition coefficient (Wildman–Crippen LogP) is 1.33. The Morgan fingerprint density at radius 3 is 2.90 bits per heavy atom. The molecule has 0 saturated carbocycles. The molecule has 0 spiro atoms. The Morgan fingerprint density at radius 1 is 1.45 bits per heavy atom. The Kier molecular flexibility index (Phi) is 5.15. The number of hydrogen-bond donors (Lipinski definition) is 2. The molecule has 1 aromatic rings. The summed E-state index contributed by atoms with van der Waals surface area (Å²) in [5.74, 6) is 0.490. The van der Waals surface area contributed by atoms with Crippen LogP contribution in [-0.2, 0) is 11.3 Å². The van der Waals surface area contributed by atoms with Crippen LogP contribution in [0.1, 0.15) is 30.4 Å². The minimum Gasteiger partial charge on any atom is -0.354 e. The van der Waals surface area contributed by atoms with Crippen molar-refractivity contribution in [3.05, 3.63) is 35.4 Å². The van der Waals surface area contributed by atoms with Gasteiger partial charge in [0, 0.05) is 25.6 Å². The van der Waals surface area contributed by atoms with Gasteiger partial charge in [-0.2, -0.15) is 0 Å². The fraction of sp³-hybridized carbons (Fsp3) is 0.562. The van der Waals surface area contributed by atoms with Crippen LogP contribution in [0.25, 0.3) is 0 Å². The number of carbonyl (C=O) groups is 1. The molecule has 2 atom stereocenters. The highest BCUT2D eigenvalue weighted by molar-refractivity contribution is 5.81. The van der Waals surface area contributed by atoms with Crippen LogP contribution in [0.3, 0.4) is 0 Å². The molecule has 0 saturated heterocycles. The number of benzene rings is 1. The number of nitrogens with zero attached hydrogens (tertiary/aromatic N) is 1. The van der Waals surface area contributed by atoms with Crippen molar-refractivity contribution in [2.45, 2.75) is 31.8 Å². The Bertz CT molecular complexity index is 459. The van der Waals surface area contributed by atoms with E-state index in [0.29, 0.717) is 12.5 Å². The van der Waals surface area contributed by atoms with E-state index in [0.717, 1.165) is 19.5 Å². The Balaban J connectivity index is 1.97. The quantitative estimate of drug-likeness (QED) is 0.852. The van der Waals surface area contributed by atoms with E-state index >= 15 is 0 Å². The highest BCUT2D eigenvalue weighted by Gasteiger charge is 2.22. The van der Waals surface area contributed by atoms with Gasteiger partial charge in [-0.3, -0.25) is 9.69 Å². The van der Waals surface area contributed by atoms with Gasteiger partial charge in [0.2, 0.25) is 5.91 Å². The number of fused-ring (bicyclic) bond motifs is 1. The highest BCUT2D eigenvalue weighted by atomic mass is 16.2. The van der Waals surface area contributed by atoms with Gasteiger partial charge in [-0.25, -0.2) is 0 Å². The summed E-state index contributed by atoms with van der Waals surface area (Å²) in [4.78, 5) is 14.2. The molecule has 4 nitrogen and oxygen atoms in total. The first-order valence-electron chi connectivity index (χ1n) is 7.36. The number of hydrogen-bond acceptors (Lipinski definition) is 3. The highest BCUT2D eigenvalue weighted by Crippen LogP contribution is 2.23. The lowest BCUT2D eigenvalue weighted by Crippen LogP contribution is -2.45. The summed E-state index contributed by atoms with van der Waals surface area (Å²) in [6.07, 6.45) is 0.832. The van der Waals surface area contributed by atoms with Crippen molar-refractivity contribution in [3.63, 3.8) is 0 Å². The number of carbonyl (C=O) groups excluding carboxylic acids is 1. The third-order valence-electron chi connectivity index (χ3n) is 4.04. The molecule has 2 rings (SSSR count). The van der Waals surface area contributed by atoms with Crippen molar-refractivity contribution < 1.29 is 4.79 Å². The van der Waals surface area contributed by atoms with Crippen molar-refractivity contribution in [1.82, 2.24) is 15.5 Å². The molecule has 1 heterocycles. The van der Waals surface area contributed by atoms with E-state index < -0.39 is 0 Å². The average Bonchev–Trinajstić information content (AvgIpc) is 2.45. The van der Waals surface area contributed by atoms with E-state index in [1.807, 2.05) is 25.9 Å². The zero-order valence-electron chi connectivity index (χ0n) is 12.6. The van der Waals surface area contributed by atoms with Crippen LogP contribution in [0.4, 0.5) is 0 Å². The second-order valence-electron chi connectivity index (χ2n) is 5.66. The molecule has 1 aromatic carbocycles. The molecule has 0 radical (unpaired) electrons. The molecule has 20 heavy (non-hydrogen) atoms. The third kappa shape index (κ3) is 3.38. The molecule has 0 bridgehead atoms. The van der Waals surface area contributed by atoms with E-state index in [1.54, 1.807) is 0 Å². The van der Waals surface area contributed by atoms with Crippen LogP contribution < -0.4 is 10.6 Å². The SMILES string of the molecule is CCC(C(=O)NCC1CNCc2ccccc21)N(C)C. The maximum atomic E-state index is 12.2. The lowest BCUT2D eigenvalue weighted by atomic mass is 9.91. The zero-order valence-corrected chi connectivity index (χ0v) is 12.6. The molecule has 110 valence electrons. The molecule has 0 aliphatic carbocycles. The first-order valence-corrected chi connectivity index (χ1v) is 7.36. The van der Waals surface area contributed by atoms with Crippen molar-refractivity contribution in [2.24, 2.45) is 0 Å². The van der Waals surface area contributed by atoms with Crippen LogP contribution >= 0.6 is 0 Å². The number of amides is 1. The van der Waals surface area contributed by atoms with Crippen molar-refractivity contribution >= 4 is 5.91 Å². The van der Waals surface area contributed by atoms with Crippen molar-refractivity contribution in [2.75, 3.05) is 27.2 Å². The van der Waals surface area contributed by atoms with Crippen LogP contribution in [-0.4, -0.2) is 44.0 Å². The molecular formula is C16H25N3O. The molecule has 1 amide bonds. The van der Waals surface area contributed by atoms with Crippen LogP contribution in [0, 0.1) is 0 Å². The maximum Gasteiger partial charge on any atom is 0.237 e. The van der Waals surface area contributed by atoms with Crippen LogP contribution in [0.2, 0.25) is 0 Å². The van der Waals surface area contributed by atoms with Gasteiger partial charge in [0.25, 0.3) is 0 Å². The van der Waals surface area contributed by atoms with Crippen molar-refractivity contribution in [3.8, 4) is 0 Å². The number of likely N-dealkylation sites (N-methyl/N-ethyl adjacent to an activating group) is 1. The van der Waals surface area contributed by atoms with Gasteiger partial charge in [0.1, 0.15) is 0 Å². The summed E-state index contributed by atoms with van der Waals surface area (Å²) in [6.45, 7) is 4.60. The van der Waals surface area contributed by atoms with Gasteiger partial charge in [-0.1, -0.05) is 31.2 Å². The molecule has 2 unspecified atom stereocenters. The predicted molar refractivity (Wildman–Crippen MR) is 81.7 cm³/mol. The molecule has 1 aliphatic rings. The van der Waals surface area contributed by atoms with Crippen LogP contribution in [0.15, 0.2) is 24.3 Å². The Morgan fingerprint density at radius 2 is 2.20 bits per heavy atom. The zero-order chi connectivity index (χ0) is 14.5. The Labute approximate surface area is 121 Å². The first-order chi connectivity index (χ1) is 9.63. The number of rotatable bonds is 5. The summed E-state index contributed by atoms with van der Waals surface area (Å²) in [5, 5.41) is 6.52. The monoisotopic (exact) mass is 275 g/mol. The summed E-state index contributed by atoms with van der Waals surface area (Å²) in [7, 11) is 3.90. The summed E-state index contributed by atoms with van der Waals surface area (Å²) >= 11 is 0. The molecule has 1 aliphatic heterocycles. The minimum atomic E-state index is -0.0400. The summed E-state index contributed by atoms with van der Waals surface area (Å²) < 4.78 is 0. The van der Waals surface area contributed by atoms with E-state index in [-0.39, 0.29) is 11.9 Å². The average molecular weight is 275 g/mol. The van der Waals surface area contributed by atoms with Crippen molar-refractivity contribution in [1.29, 1.82) is 0 Å². The molecule has 0 aromatic heterocycles. The van der Waals surface area contributed by atoms with E-state index in [4.69, 9.17) is 0 Å². The summed E-state index contributed by atoms with van der Waals surface area (Å²) in [6, 6.07) is 8.44. The lowest BCUT2D eigenvalue weighted by Gasteiger charge is -2.28. The normalized spacial score (nSPS) is 19.5. The fourth-order valence-corrected chi connectivity index (χ4v) is 2.89. The third-order valence-corrected chi connectivity index (χ3v) is 4.04. The lowest BCUT2D eigenvalue weighted by molar-refractivity contribution is -0.125. The molecule has 4 heteroatoms. The van der Waals surface area contributed by atoms with Gasteiger partial charge in [-0.05, 0) is 31.6 Å². The fourth-order valence-electron chi connectivity index (χ4n) is 2.89. The van der Waals surface area contributed by atoms with Gasteiger partial charge in [0.15, 0.2) is 0 Å². The maximum absolute atomic E-state index is 12.2. The summed E-state index contributed by atoms with van der Waals surface area (Å²) in [5.41, 5.74) is 2.71. The van der Waals surface area contributed by atoms with E-state index in [1.165, 1.54) is 11.1 Å². The van der Waals surface area contributed by atoms with Gasteiger partial charge in [0.05, 0.1) is 6.04 Å². The first kappa shape index (κ1) is 15.0.